The van der Waals surface area contributed by atoms with E-state index in [-0.39, 0.29) is 0 Å². The van der Waals surface area contributed by atoms with Crippen molar-refractivity contribution in [3.63, 3.8) is 0 Å². The molecule has 184 valence electrons. The van der Waals surface area contributed by atoms with Crippen LogP contribution in [0, 0.1) is 0 Å². The van der Waals surface area contributed by atoms with Gasteiger partial charge in [-0.3, -0.25) is 9.97 Å². The molecule has 0 spiro atoms. The number of benzene rings is 4. The molecule has 0 N–H and O–H groups in total. The second kappa shape index (κ2) is 8.40. The quantitative estimate of drug-likeness (QED) is 0.244. The summed E-state index contributed by atoms with van der Waals surface area (Å²) in [4.78, 5) is 9.47. The van der Waals surface area contributed by atoms with Gasteiger partial charge in [-0.05, 0) is 71.8 Å². The molecule has 4 heterocycles. The fourth-order valence-electron chi connectivity index (χ4n) is 6.06. The lowest BCUT2D eigenvalue weighted by Gasteiger charge is -2.11. The average molecular weight is 501 g/mol. The average Bonchev–Trinajstić information content (AvgIpc) is 3.49. The zero-order valence-electron chi connectivity index (χ0n) is 21.4. The summed E-state index contributed by atoms with van der Waals surface area (Å²) in [5.74, 6) is 0. The summed E-state index contributed by atoms with van der Waals surface area (Å²) in [6.07, 6.45) is 3.73. The van der Waals surface area contributed by atoms with Crippen LogP contribution in [-0.4, -0.2) is 19.1 Å². The Labute approximate surface area is 225 Å². The van der Waals surface area contributed by atoms with Gasteiger partial charge in [0.2, 0.25) is 0 Å². The fourth-order valence-corrected chi connectivity index (χ4v) is 6.06. The van der Waals surface area contributed by atoms with Gasteiger partial charge in [0.05, 0.1) is 22.2 Å². The predicted molar refractivity (Wildman–Crippen MR) is 161 cm³/mol. The smallest absolute Gasteiger partial charge is 0.0963 e. The summed E-state index contributed by atoms with van der Waals surface area (Å²) in [5, 5.41) is 3.66. The molecule has 0 aliphatic carbocycles. The van der Waals surface area contributed by atoms with E-state index in [1.807, 2.05) is 30.6 Å². The summed E-state index contributed by atoms with van der Waals surface area (Å²) < 4.78 is 4.61. The molecule has 8 rings (SSSR count). The standard InChI is InChI=1S/C35H24N4/c1-38-31-13-5-4-11-27(31)28-22-24(16-18-32(28)38)39-33-17-15-23(21-29(33)35-34(39)14-8-20-37-35)25-9-2-3-10-26(25)30-12-6-7-19-36-30/h2-22H,1H3. The Kier molecular flexibility index (Phi) is 4.70. The molecule has 4 aromatic carbocycles. The molecule has 0 aliphatic rings. The van der Waals surface area contributed by atoms with Crippen molar-refractivity contribution in [3.05, 3.63) is 128 Å². The van der Waals surface area contributed by atoms with E-state index in [9.17, 15) is 0 Å². The van der Waals surface area contributed by atoms with Gasteiger partial charge in [-0.1, -0.05) is 54.6 Å². The van der Waals surface area contributed by atoms with Crippen LogP contribution in [-0.2, 0) is 7.05 Å². The molecular formula is C35H24N4. The first kappa shape index (κ1) is 21.8. The van der Waals surface area contributed by atoms with Crippen molar-refractivity contribution in [1.82, 2.24) is 19.1 Å². The number of para-hydroxylation sites is 1. The van der Waals surface area contributed by atoms with Crippen molar-refractivity contribution in [1.29, 1.82) is 0 Å². The number of nitrogens with zero attached hydrogens (tertiary/aromatic N) is 4. The zero-order valence-corrected chi connectivity index (χ0v) is 21.4. The van der Waals surface area contributed by atoms with E-state index in [0.717, 1.165) is 50.0 Å². The van der Waals surface area contributed by atoms with Crippen LogP contribution in [0.1, 0.15) is 0 Å². The summed E-state index contributed by atoms with van der Waals surface area (Å²) in [7, 11) is 2.14. The molecule has 0 bridgehead atoms. The summed E-state index contributed by atoms with van der Waals surface area (Å²) in [5.41, 5.74) is 11.2. The second-order valence-electron chi connectivity index (χ2n) is 9.98. The highest BCUT2D eigenvalue weighted by atomic mass is 15.0. The topological polar surface area (TPSA) is 35.6 Å². The van der Waals surface area contributed by atoms with Crippen molar-refractivity contribution in [2.24, 2.45) is 7.05 Å². The van der Waals surface area contributed by atoms with E-state index in [1.54, 1.807) is 0 Å². The van der Waals surface area contributed by atoms with Crippen LogP contribution >= 0.6 is 0 Å². The molecular weight excluding hydrogens is 476 g/mol. The Bertz CT molecular complexity index is 2180. The largest absolute Gasteiger partial charge is 0.344 e. The third kappa shape index (κ3) is 3.25. The maximum Gasteiger partial charge on any atom is 0.0963 e. The second-order valence-corrected chi connectivity index (χ2v) is 9.98. The Morgan fingerprint density at radius 3 is 2.15 bits per heavy atom. The van der Waals surface area contributed by atoms with Gasteiger partial charge in [-0.2, -0.15) is 0 Å². The molecule has 4 heteroatoms. The molecule has 0 radical (unpaired) electrons. The minimum atomic E-state index is 0.970. The van der Waals surface area contributed by atoms with Crippen LogP contribution in [0.25, 0.3) is 71.8 Å². The molecule has 0 amide bonds. The van der Waals surface area contributed by atoms with Gasteiger partial charge in [-0.25, -0.2) is 0 Å². The third-order valence-electron chi connectivity index (χ3n) is 7.85. The molecule has 0 saturated heterocycles. The summed E-state index contributed by atoms with van der Waals surface area (Å²) >= 11 is 0. The number of fused-ring (bicyclic) bond motifs is 6. The number of hydrogen-bond acceptors (Lipinski definition) is 2. The molecule has 8 aromatic rings. The van der Waals surface area contributed by atoms with Crippen molar-refractivity contribution in [3.8, 4) is 28.1 Å². The van der Waals surface area contributed by atoms with Crippen molar-refractivity contribution in [2.75, 3.05) is 0 Å². The predicted octanol–water partition coefficient (Wildman–Crippen LogP) is 8.55. The van der Waals surface area contributed by atoms with Gasteiger partial charge >= 0.3 is 0 Å². The fraction of sp³-hybridized carbons (Fsp3) is 0.0286. The zero-order chi connectivity index (χ0) is 25.9. The van der Waals surface area contributed by atoms with Gasteiger partial charge < -0.3 is 9.13 Å². The number of pyridine rings is 2. The van der Waals surface area contributed by atoms with Gasteiger partial charge in [0.1, 0.15) is 0 Å². The summed E-state index contributed by atoms with van der Waals surface area (Å²) in [6, 6.07) is 40.8. The first-order chi connectivity index (χ1) is 19.3. The van der Waals surface area contributed by atoms with Crippen LogP contribution in [0.3, 0.4) is 0 Å². The minimum Gasteiger partial charge on any atom is -0.344 e. The van der Waals surface area contributed by atoms with E-state index in [4.69, 9.17) is 4.98 Å². The molecule has 0 atom stereocenters. The lowest BCUT2D eigenvalue weighted by molar-refractivity contribution is 1.01. The van der Waals surface area contributed by atoms with Gasteiger partial charge in [-0.15, -0.1) is 0 Å². The first-order valence-electron chi connectivity index (χ1n) is 13.2. The van der Waals surface area contributed by atoms with Gasteiger partial charge in [0.25, 0.3) is 0 Å². The highest BCUT2D eigenvalue weighted by molar-refractivity contribution is 6.11. The molecule has 0 fully saturated rings. The van der Waals surface area contributed by atoms with Gasteiger partial charge in [0.15, 0.2) is 0 Å². The van der Waals surface area contributed by atoms with Crippen molar-refractivity contribution in [2.45, 2.75) is 0 Å². The molecule has 4 aromatic heterocycles. The van der Waals surface area contributed by atoms with E-state index < -0.39 is 0 Å². The Balaban J connectivity index is 1.38. The highest BCUT2D eigenvalue weighted by Gasteiger charge is 2.17. The van der Waals surface area contributed by atoms with E-state index >= 15 is 0 Å². The Morgan fingerprint density at radius 1 is 0.513 bits per heavy atom. The Hall–Kier alpha value is -5.22. The van der Waals surface area contributed by atoms with Crippen LogP contribution in [0.2, 0.25) is 0 Å². The maximum absolute atomic E-state index is 4.85. The van der Waals surface area contributed by atoms with Crippen molar-refractivity contribution >= 4 is 43.7 Å². The van der Waals surface area contributed by atoms with E-state index in [2.05, 4.69) is 118 Å². The number of hydrogen-bond donors (Lipinski definition) is 0. The molecule has 0 aliphatic heterocycles. The van der Waals surface area contributed by atoms with Gasteiger partial charge in [0, 0.05) is 57.9 Å². The van der Waals surface area contributed by atoms with Crippen LogP contribution in [0.15, 0.2) is 128 Å². The van der Waals surface area contributed by atoms with Crippen molar-refractivity contribution < 1.29 is 0 Å². The molecule has 0 unspecified atom stereocenters. The normalized spacial score (nSPS) is 11.7. The number of aromatic nitrogens is 4. The van der Waals surface area contributed by atoms with Crippen LogP contribution < -0.4 is 0 Å². The lowest BCUT2D eigenvalue weighted by atomic mass is 9.96. The number of aryl methyl sites for hydroxylation is 1. The summed E-state index contributed by atoms with van der Waals surface area (Å²) in [6.45, 7) is 0. The molecule has 4 nitrogen and oxygen atoms in total. The first-order valence-corrected chi connectivity index (χ1v) is 13.2. The van der Waals surface area contributed by atoms with E-state index in [0.29, 0.717) is 0 Å². The highest BCUT2D eigenvalue weighted by Crippen LogP contribution is 2.38. The van der Waals surface area contributed by atoms with E-state index in [1.165, 1.54) is 21.8 Å². The SMILES string of the molecule is Cn1c2ccccc2c2cc(-n3c4ccc(-c5ccccc5-c5ccccn5)cc4c4ncccc43)ccc21. The maximum atomic E-state index is 4.85. The monoisotopic (exact) mass is 500 g/mol. The number of rotatable bonds is 3. The van der Waals surface area contributed by atoms with Crippen LogP contribution in [0.5, 0.6) is 0 Å². The Morgan fingerprint density at radius 2 is 1.26 bits per heavy atom. The van der Waals surface area contributed by atoms with Crippen LogP contribution in [0.4, 0.5) is 0 Å². The minimum absolute atomic E-state index is 0.970. The molecule has 0 saturated carbocycles. The lowest BCUT2D eigenvalue weighted by Crippen LogP contribution is -1.94. The molecule has 39 heavy (non-hydrogen) atoms. The third-order valence-corrected chi connectivity index (χ3v) is 7.85.